The van der Waals surface area contributed by atoms with Crippen molar-refractivity contribution in [3.8, 4) is 5.75 Å². The molecule has 0 spiro atoms. The number of rotatable bonds is 6. The van der Waals surface area contributed by atoms with Crippen molar-refractivity contribution in [1.82, 2.24) is 10.0 Å². The molecule has 1 saturated heterocycles. The third-order valence-electron chi connectivity index (χ3n) is 3.57. The lowest BCUT2D eigenvalue weighted by Gasteiger charge is -2.13. The fraction of sp³-hybridized carbons (Fsp3) is 0.500. The van der Waals surface area contributed by atoms with Gasteiger partial charge in [-0.05, 0) is 31.5 Å². The Kier molecular flexibility index (Phi) is 5.38. The van der Waals surface area contributed by atoms with Gasteiger partial charge in [0.25, 0.3) is 0 Å². The van der Waals surface area contributed by atoms with Crippen LogP contribution >= 0.6 is 0 Å². The Hall–Kier alpha value is -1.64. The van der Waals surface area contributed by atoms with Crippen molar-refractivity contribution in [3.05, 3.63) is 23.8 Å². The molecule has 122 valence electrons. The van der Waals surface area contributed by atoms with Crippen LogP contribution in [0.1, 0.15) is 23.2 Å². The van der Waals surface area contributed by atoms with Crippen molar-refractivity contribution in [2.75, 3.05) is 27.3 Å². The van der Waals surface area contributed by atoms with Crippen molar-refractivity contribution in [1.29, 1.82) is 0 Å². The molecule has 1 atom stereocenters. The number of hydrogen-bond donors (Lipinski definition) is 2. The minimum atomic E-state index is -3.65. The van der Waals surface area contributed by atoms with Gasteiger partial charge in [0.2, 0.25) is 10.0 Å². The Morgan fingerprint density at radius 1 is 1.41 bits per heavy atom. The largest absolute Gasteiger partial charge is 0.496 e. The molecule has 1 aromatic carbocycles. The topological polar surface area (TPSA) is 93.7 Å². The number of hydrogen-bond acceptors (Lipinski definition) is 6. The van der Waals surface area contributed by atoms with Crippen LogP contribution in [0.25, 0.3) is 0 Å². The molecule has 1 aliphatic rings. The number of methoxy groups -OCH3 is 2. The molecular formula is C14H20N2O5S. The van der Waals surface area contributed by atoms with E-state index in [1.807, 2.05) is 0 Å². The normalized spacial score (nSPS) is 18.2. The van der Waals surface area contributed by atoms with Gasteiger partial charge >= 0.3 is 5.97 Å². The lowest BCUT2D eigenvalue weighted by Crippen LogP contribution is -2.37. The summed E-state index contributed by atoms with van der Waals surface area (Å²) in [4.78, 5) is 11.6. The zero-order chi connectivity index (χ0) is 16.2. The maximum absolute atomic E-state index is 12.3. The van der Waals surface area contributed by atoms with Gasteiger partial charge in [0.1, 0.15) is 11.3 Å². The lowest BCUT2D eigenvalue weighted by atomic mass is 10.2. The van der Waals surface area contributed by atoms with E-state index in [1.165, 1.54) is 32.4 Å². The number of nitrogens with one attached hydrogen (secondary N) is 2. The summed E-state index contributed by atoms with van der Waals surface area (Å²) >= 11 is 0. The Balaban J connectivity index is 2.17. The molecule has 0 bridgehead atoms. The number of carbonyl (C=O) groups is 1. The molecule has 1 aliphatic heterocycles. The average Bonchev–Trinajstić information content (AvgIpc) is 3.05. The molecule has 0 aliphatic carbocycles. The molecule has 1 aromatic rings. The summed E-state index contributed by atoms with van der Waals surface area (Å²) in [5.74, 6) is -0.419. The van der Waals surface area contributed by atoms with Crippen LogP contribution in [0.5, 0.6) is 5.75 Å². The maximum Gasteiger partial charge on any atom is 0.341 e. The molecule has 0 saturated carbocycles. The van der Waals surface area contributed by atoms with Crippen LogP contribution < -0.4 is 14.8 Å². The monoisotopic (exact) mass is 328 g/mol. The molecule has 1 unspecified atom stereocenters. The first-order valence-electron chi connectivity index (χ1n) is 6.97. The van der Waals surface area contributed by atoms with E-state index < -0.39 is 16.0 Å². The molecule has 0 radical (unpaired) electrons. The van der Waals surface area contributed by atoms with Gasteiger partial charge < -0.3 is 14.8 Å². The molecular weight excluding hydrogens is 308 g/mol. The van der Waals surface area contributed by atoms with Gasteiger partial charge in [-0.2, -0.15) is 0 Å². The summed E-state index contributed by atoms with van der Waals surface area (Å²) in [6.07, 6.45) is 2.00. The Morgan fingerprint density at radius 2 is 2.18 bits per heavy atom. The van der Waals surface area contributed by atoms with E-state index in [9.17, 15) is 13.2 Å². The molecule has 0 aromatic heterocycles. The second kappa shape index (κ2) is 7.08. The third-order valence-corrected chi connectivity index (χ3v) is 4.99. The molecule has 2 N–H and O–H groups in total. The van der Waals surface area contributed by atoms with Crippen LogP contribution in [-0.4, -0.2) is 47.7 Å². The number of esters is 1. The number of ether oxygens (including phenoxy) is 2. The first kappa shape index (κ1) is 16.7. The van der Waals surface area contributed by atoms with Crippen LogP contribution in [0, 0.1) is 0 Å². The standard InChI is InChI=1S/C14H20N2O5S/c1-20-13-8-11(5-6-12(13)14(17)21-2)22(18,19)16-9-10-4-3-7-15-10/h5-6,8,10,15-16H,3-4,7,9H2,1-2H3. The molecule has 1 fully saturated rings. The first-order chi connectivity index (χ1) is 10.5. The average molecular weight is 328 g/mol. The minimum Gasteiger partial charge on any atom is -0.496 e. The SMILES string of the molecule is COC(=O)c1ccc(S(=O)(=O)NCC2CCCN2)cc1OC. The zero-order valence-corrected chi connectivity index (χ0v) is 13.4. The highest BCUT2D eigenvalue weighted by molar-refractivity contribution is 7.89. The number of carbonyl (C=O) groups excluding carboxylic acids is 1. The molecule has 7 nitrogen and oxygen atoms in total. The summed E-state index contributed by atoms with van der Waals surface area (Å²) in [6.45, 7) is 1.25. The van der Waals surface area contributed by atoms with Crippen molar-refractivity contribution in [2.24, 2.45) is 0 Å². The summed E-state index contributed by atoms with van der Waals surface area (Å²) < 4.78 is 36.9. The molecule has 2 rings (SSSR count). The van der Waals surface area contributed by atoms with Crippen molar-refractivity contribution in [2.45, 2.75) is 23.8 Å². The molecule has 22 heavy (non-hydrogen) atoms. The van der Waals surface area contributed by atoms with Crippen LogP contribution in [-0.2, 0) is 14.8 Å². The Labute approximate surface area is 130 Å². The van der Waals surface area contributed by atoms with Crippen LogP contribution in [0.2, 0.25) is 0 Å². The van der Waals surface area contributed by atoms with E-state index in [2.05, 4.69) is 14.8 Å². The molecule has 0 amide bonds. The second-order valence-corrected chi connectivity index (χ2v) is 6.77. The van der Waals surface area contributed by atoms with E-state index in [0.29, 0.717) is 6.54 Å². The predicted octanol–water partition coefficient (Wildman–Crippen LogP) is 0.512. The highest BCUT2D eigenvalue weighted by Gasteiger charge is 2.22. The summed E-state index contributed by atoms with van der Waals surface area (Å²) in [6, 6.07) is 4.22. The van der Waals surface area contributed by atoms with Gasteiger partial charge in [0.15, 0.2) is 0 Å². The van der Waals surface area contributed by atoms with Crippen molar-refractivity contribution in [3.63, 3.8) is 0 Å². The fourth-order valence-electron chi connectivity index (χ4n) is 2.34. The molecule has 1 heterocycles. The fourth-order valence-corrected chi connectivity index (χ4v) is 3.44. The van der Waals surface area contributed by atoms with Gasteiger partial charge in [-0.15, -0.1) is 0 Å². The maximum atomic E-state index is 12.3. The van der Waals surface area contributed by atoms with Gasteiger partial charge in [0, 0.05) is 18.7 Å². The van der Waals surface area contributed by atoms with E-state index in [0.717, 1.165) is 19.4 Å². The minimum absolute atomic E-state index is 0.0509. The summed E-state index contributed by atoms with van der Waals surface area (Å²) in [7, 11) is -1.03. The van der Waals surface area contributed by atoms with Crippen LogP contribution in [0.4, 0.5) is 0 Å². The quantitative estimate of drug-likeness (QED) is 0.739. The predicted molar refractivity (Wildman–Crippen MR) is 80.5 cm³/mol. The van der Waals surface area contributed by atoms with Crippen molar-refractivity contribution >= 4 is 16.0 Å². The summed E-state index contributed by atoms with van der Waals surface area (Å²) in [5.41, 5.74) is 0.182. The lowest BCUT2D eigenvalue weighted by molar-refractivity contribution is 0.0597. The smallest absolute Gasteiger partial charge is 0.341 e. The van der Waals surface area contributed by atoms with Crippen LogP contribution in [0.3, 0.4) is 0 Å². The van der Waals surface area contributed by atoms with Gasteiger partial charge in [-0.1, -0.05) is 0 Å². The van der Waals surface area contributed by atoms with E-state index in [4.69, 9.17) is 4.74 Å². The zero-order valence-electron chi connectivity index (χ0n) is 12.6. The number of benzene rings is 1. The Morgan fingerprint density at radius 3 is 2.77 bits per heavy atom. The summed E-state index contributed by atoms with van der Waals surface area (Å²) in [5, 5.41) is 3.22. The molecule has 8 heteroatoms. The highest BCUT2D eigenvalue weighted by Crippen LogP contribution is 2.23. The van der Waals surface area contributed by atoms with Gasteiger partial charge in [0.05, 0.1) is 19.1 Å². The third kappa shape index (κ3) is 3.76. The second-order valence-electron chi connectivity index (χ2n) is 5.00. The van der Waals surface area contributed by atoms with Crippen molar-refractivity contribution < 1.29 is 22.7 Å². The van der Waals surface area contributed by atoms with E-state index in [1.54, 1.807) is 0 Å². The van der Waals surface area contributed by atoms with Gasteiger partial charge in [-0.25, -0.2) is 17.9 Å². The van der Waals surface area contributed by atoms with E-state index >= 15 is 0 Å². The Bertz CT molecular complexity index is 639. The van der Waals surface area contributed by atoms with E-state index in [-0.39, 0.29) is 22.3 Å². The first-order valence-corrected chi connectivity index (χ1v) is 8.45. The number of sulfonamides is 1. The highest BCUT2D eigenvalue weighted by atomic mass is 32.2. The van der Waals surface area contributed by atoms with Crippen LogP contribution in [0.15, 0.2) is 23.1 Å². The van der Waals surface area contributed by atoms with Gasteiger partial charge in [-0.3, -0.25) is 0 Å².